The minimum atomic E-state index is -0.246. The van der Waals surface area contributed by atoms with E-state index < -0.39 is 0 Å². The number of carbonyl (C=O) groups excluding carboxylic acids is 1. The van der Waals surface area contributed by atoms with Crippen LogP contribution in [0.5, 0.6) is 0 Å². The first-order valence-electron chi connectivity index (χ1n) is 8.86. The first-order valence-corrected chi connectivity index (χ1v) is 8.86. The largest absolute Gasteiger partial charge is 0.344 e. The van der Waals surface area contributed by atoms with E-state index in [4.69, 9.17) is 5.73 Å². The van der Waals surface area contributed by atoms with Crippen molar-refractivity contribution in [1.29, 1.82) is 0 Å². The van der Waals surface area contributed by atoms with Gasteiger partial charge in [0.1, 0.15) is 0 Å². The molecular weight excluding hydrogens is 360 g/mol. The van der Waals surface area contributed by atoms with Gasteiger partial charge in [0.05, 0.1) is 23.3 Å². The third kappa shape index (κ3) is 4.31. The first kappa shape index (κ1) is 20.9. The van der Waals surface area contributed by atoms with Crippen LogP contribution in [0, 0.1) is 6.92 Å². The Kier molecular flexibility index (Phi) is 6.29. The fraction of sp³-hybridized carbons (Fsp3) is 0.333. The number of hydrogen-bond acceptors (Lipinski definition) is 3. The number of amides is 1. The fourth-order valence-corrected chi connectivity index (χ4v) is 3.25. The zero-order valence-electron chi connectivity index (χ0n) is 16.2. The van der Waals surface area contributed by atoms with Crippen LogP contribution in [0.15, 0.2) is 48.7 Å². The van der Waals surface area contributed by atoms with Crippen molar-refractivity contribution in [3.8, 4) is 0 Å². The van der Waals surface area contributed by atoms with Crippen molar-refractivity contribution < 1.29 is 4.79 Å². The van der Waals surface area contributed by atoms with Crippen LogP contribution in [0.4, 0.5) is 0 Å². The standard InChI is InChI=1S/C21H26N4O.ClH/c1-14-18(13-23-25(14)21(2,3)4)20(26)24-19(12-22)17-10-9-15-7-5-6-8-16(15)11-17;/h5-11,13,19H,12,22H2,1-4H3,(H,24,26);1H. The van der Waals surface area contributed by atoms with E-state index in [1.54, 1.807) is 6.20 Å². The summed E-state index contributed by atoms with van der Waals surface area (Å²) in [6.07, 6.45) is 1.63. The molecule has 6 heteroatoms. The van der Waals surface area contributed by atoms with Crippen molar-refractivity contribution in [3.05, 3.63) is 65.5 Å². The highest BCUT2D eigenvalue weighted by Crippen LogP contribution is 2.22. The average molecular weight is 387 g/mol. The molecule has 0 radical (unpaired) electrons. The van der Waals surface area contributed by atoms with Crippen molar-refractivity contribution in [2.24, 2.45) is 5.73 Å². The summed E-state index contributed by atoms with van der Waals surface area (Å²) in [5.41, 5.74) is 8.21. The molecule has 0 aliphatic rings. The van der Waals surface area contributed by atoms with Gasteiger partial charge in [-0.2, -0.15) is 5.10 Å². The molecule has 1 unspecified atom stereocenters. The van der Waals surface area contributed by atoms with Crippen molar-refractivity contribution >= 4 is 29.1 Å². The molecule has 2 aromatic carbocycles. The van der Waals surface area contributed by atoms with Gasteiger partial charge in [-0.1, -0.05) is 36.4 Å². The Morgan fingerprint density at radius 2 is 1.85 bits per heavy atom. The van der Waals surface area contributed by atoms with E-state index in [1.165, 1.54) is 5.39 Å². The van der Waals surface area contributed by atoms with Gasteiger partial charge in [0.15, 0.2) is 0 Å². The van der Waals surface area contributed by atoms with Gasteiger partial charge in [-0.15, -0.1) is 12.4 Å². The van der Waals surface area contributed by atoms with Gasteiger partial charge in [0.25, 0.3) is 5.91 Å². The van der Waals surface area contributed by atoms with Gasteiger partial charge in [-0.05, 0) is 50.1 Å². The highest BCUT2D eigenvalue weighted by Gasteiger charge is 2.23. The van der Waals surface area contributed by atoms with Gasteiger partial charge in [-0.3, -0.25) is 9.48 Å². The molecule has 27 heavy (non-hydrogen) atoms. The number of nitrogens with two attached hydrogens (primary N) is 1. The van der Waals surface area contributed by atoms with E-state index in [2.05, 4.69) is 55.5 Å². The number of fused-ring (bicyclic) bond motifs is 1. The highest BCUT2D eigenvalue weighted by molar-refractivity contribution is 5.95. The number of nitrogens with one attached hydrogen (secondary N) is 1. The van der Waals surface area contributed by atoms with Crippen LogP contribution in [-0.4, -0.2) is 22.2 Å². The zero-order chi connectivity index (χ0) is 18.9. The molecule has 1 heterocycles. The fourth-order valence-electron chi connectivity index (χ4n) is 3.25. The lowest BCUT2D eigenvalue weighted by Gasteiger charge is -2.22. The minimum Gasteiger partial charge on any atom is -0.344 e. The van der Waals surface area contributed by atoms with Gasteiger partial charge in [-0.25, -0.2) is 0 Å². The molecule has 1 amide bonds. The predicted octanol–water partition coefficient (Wildman–Crippen LogP) is 3.95. The zero-order valence-corrected chi connectivity index (χ0v) is 17.0. The minimum absolute atomic E-state index is 0. The average Bonchev–Trinajstić information content (AvgIpc) is 3.01. The van der Waals surface area contributed by atoms with Crippen LogP contribution in [0.3, 0.4) is 0 Å². The van der Waals surface area contributed by atoms with Gasteiger partial charge < -0.3 is 11.1 Å². The molecule has 0 aliphatic heterocycles. The van der Waals surface area contributed by atoms with Crippen LogP contribution < -0.4 is 11.1 Å². The lowest BCUT2D eigenvalue weighted by Crippen LogP contribution is -2.34. The third-order valence-electron chi connectivity index (χ3n) is 4.61. The number of aromatic nitrogens is 2. The Labute approximate surface area is 166 Å². The maximum atomic E-state index is 12.8. The smallest absolute Gasteiger partial charge is 0.255 e. The SMILES string of the molecule is Cc1c(C(=O)NC(CN)c2ccc3ccccc3c2)cnn1C(C)(C)C.Cl. The number of rotatable bonds is 4. The predicted molar refractivity (Wildman–Crippen MR) is 112 cm³/mol. The summed E-state index contributed by atoms with van der Waals surface area (Å²) >= 11 is 0. The second-order valence-corrected chi connectivity index (χ2v) is 7.59. The van der Waals surface area contributed by atoms with Crippen LogP contribution in [0.1, 0.15) is 48.4 Å². The van der Waals surface area contributed by atoms with E-state index in [9.17, 15) is 4.79 Å². The normalized spacial score (nSPS) is 12.5. The summed E-state index contributed by atoms with van der Waals surface area (Å²) in [6, 6.07) is 14.1. The molecule has 144 valence electrons. The molecule has 3 aromatic rings. The van der Waals surface area contributed by atoms with Gasteiger partial charge in [0, 0.05) is 12.2 Å². The van der Waals surface area contributed by atoms with Crippen LogP contribution in [0.25, 0.3) is 10.8 Å². The lowest BCUT2D eigenvalue weighted by atomic mass is 10.0. The Morgan fingerprint density at radius 1 is 1.19 bits per heavy atom. The number of carbonyl (C=O) groups is 1. The Bertz CT molecular complexity index is 943. The first-order chi connectivity index (χ1) is 12.3. The second kappa shape index (κ2) is 8.11. The molecule has 1 aromatic heterocycles. The number of halogens is 1. The van der Waals surface area contributed by atoms with E-state index >= 15 is 0 Å². The quantitative estimate of drug-likeness (QED) is 0.713. The lowest BCUT2D eigenvalue weighted by molar-refractivity contribution is 0.0937. The summed E-state index contributed by atoms with van der Waals surface area (Å²) in [4.78, 5) is 12.8. The molecule has 0 spiro atoms. The monoisotopic (exact) mass is 386 g/mol. The van der Waals surface area contributed by atoms with Crippen molar-refractivity contribution in [2.45, 2.75) is 39.3 Å². The molecule has 0 saturated heterocycles. The van der Waals surface area contributed by atoms with Crippen LogP contribution in [-0.2, 0) is 5.54 Å². The van der Waals surface area contributed by atoms with Crippen molar-refractivity contribution in [3.63, 3.8) is 0 Å². The molecule has 1 atom stereocenters. The Balaban J connectivity index is 0.00000261. The third-order valence-corrected chi connectivity index (χ3v) is 4.61. The van der Waals surface area contributed by atoms with Crippen molar-refractivity contribution in [2.75, 3.05) is 6.54 Å². The van der Waals surface area contributed by atoms with Gasteiger partial charge in [0.2, 0.25) is 0 Å². The number of benzene rings is 2. The van der Waals surface area contributed by atoms with E-state index in [0.29, 0.717) is 12.1 Å². The van der Waals surface area contributed by atoms with Crippen LogP contribution in [0.2, 0.25) is 0 Å². The summed E-state index contributed by atoms with van der Waals surface area (Å²) in [7, 11) is 0. The summed E-state index contributed by atoms with van der Waals surface area (Å²) in [5.74, 6) is -0.151. The molecule has 3 rings (SSSR count). The molecule has 0 fully saturated rings. The van der Waals surface area contributed by atoms with E-state index in [1.807, 2.05) is 29.8 Å². The molecule has 5 nitrogen and oxygen atoms in total. The summed E-state index contributed by atoms with van der Waals surface area (Å²) in [5, 5.41) is 9.73. The maximum Gasteiger partial charge on any atom is 0.255 e. The topological polar surface area (TPSA) is 72.9 Å². The Morgan fingerprint density at radius 3 is 2.44 bits per heavy atom. The highest BCUT2D eigenvalue weighted by atomic mass is 35.5. The second-order valence-electron chi connectivity index (χ2n) is 7.59. The summed E-state index contributed by atoms with van der Waals surface area (Å²) in [6.45, 7) is 8.43. The molecule has 3 N–H and O–H groups in total. The Hall–Kier alpha value is -2.37. The number of nitrogens with zero attached hydrogens (tertiary/aromatic N) is 2. The van der Waals surface area contributed by atoms with E-state index in [-0.39, 0.29) is 29.9 Å². The molecule has 0 bridgehead atoms. The van der Waals surface area contributed by atoms with Gasteiger partial charge >= 0.3 is 0 Å². The molecule has 0 saturated carbocycles. The molecule has 0 aliphatic carbocycles. The van der Waals surface area contributed by atoms with E-state index in [0.717, 1.165) is 16.6 Å². The van der Waals surface area contributed by atoms with Crippen LogP contribution >= 0.6 is 12.4 Å². The maximum absolute atomic E-state index is 12.8. The molecular formula is C21H27ClN4O. The summed E-state index contributed by atoms with van der Waals surface area (Å²) < 4.78 is 1.87. The number of hydrogen-bond donors (Lipinski definition) is 2. The van der Waals surface area contributed by atoms with Crippen molar-refractivity contribution in [1.82, 2.24) is 15.1 Å².